The molecule has 3 nitrogen and oxygen atoms in total. The highest BCUT2D eigenvalue weighted by Crippen LogP contribution is 2.18. The number of H-pyrrole nitrogens is 1. The second-order valence-corrected chi connectivity index (χ2v) is 12.7. The van der Waals surface area contributed by atoms with Crippen LogP contribution < -0.4 is 5.32 Å². The SMILES string of the molecule is CCCCCCCCCCCCCCCCCCCCCCCCCCCC(=O)NCCc1c[nH]c2ccccc12. The largest absolute Gasteiger partial charge is 0.361 e. The fraction of sp³-hybridized carbons (Fsp3) is 0.763. The summed E-state index contributed by atoms with van der Waals surface area (Å²) in [7, 11) is 0. The van der Waals surface area contributed by atoms with E-state index in [1.165, 1.54) is 171 Å². The molecule has 3 heteroatoms. The van der Waals surface area contributed by atoms with Crippen molar-refractivity contribution in [3.8, 4) is 0 Å². The fourth-order valence-electron chi connectivity index (χ4n) is 6.19. The molecule has 1 amide bonds. The molecule has 0 aliphatic carbocycles. The van der Waals surface area contributed by atoms with Crippen molar-refractivity contribution in [1.82, 2.24) is 10.3 Å². The van der Waals surface area contributed by atoms with Gasteiger partial charge in [0.2, 0.25) is 5.91 Å². The molecule has 0 atom stereocenters. The van der Waals surface area contributed by atoms with Crippen LogP contribution in [0.3, 0.4) is 0 Å². The molecule has 0 aliphatic rings. The van der Waals surface area contributed by atoms with Crippen LogP contribution in [0.2, 0.25) is 0 Å². The van der Waals surface area contributed by atoms with E-state index in [4.69, 9.17) is 0 Å². The third-order valence-corrected chi connectivity index (χ3v) is 8.90. The molecule has 1 aromatic carbocycles. The van der Waals surface area contributed by atoms with Gasteiger partial charge in [-0.1, -0.05) is 179 Å². The monoisotopic (exact) mass is 567 g/mol. The topological polar surface area (TPSA) is 44.9 Å². The maximum absolute atomic E-state index is 12.1. The van der Waals surface area contributed by atoms with Gasteiger partial charge in [0, 0.05) is 30.1 Å². The second kappa shape index (κ2) is 25.9. The maximum atomic E-state index is 12.1. The van der Waals surface area contributed by atoms with Gasteiger partial charge in [-0.05, 0) is 24.5 Å². The van der Waals surface area contributed by atoms with Gasteiger partial charge in [0.15, 0.2) is 0 Å². The van der Waals surface area contributed by atoms with Crippen molar-refractivity contribution in [1.29, 1.82) is 0 Å². The molecule has 1 heterocycles. The van der Waals surface area contributed by atoms with Crippen LogP contribution in [-0.4, -0.2) is 17.4 Å². The smallest absolute Gasteiger partial charge is 0.220 e. The lowest BCUT2D eigenvalue weighted by Crippen LogP contribution is -2.25. The van der Waals surface area contributed by atoms with E-state index in [9.17, 15) is 4.79 Å². The summed E-state index contributed by atoms with van der Waals surface area (Å²) in [5, 5.41) is 4.37. The zero-order chi connectivity index (χ0) is 29.1. The van der Waals surface area contributed by atoms with E-state index in [-0.39, 0.29) is 5.91 Å². The summed E-state index contributed by atoms with van der Waals surface area (Å²) >= 11 is 0. The van der Waals surface area contributed by atoms with Gasteiger partial charge in [-0.3, -0.25) is 4.79 Å². The maximum Gasteiger partial charge on any atom is 0.220 e. The fourth-order valence-corrected chi connectivity index (χ4v) is 6.19. The second-order valence-electron chi connectivity index (χ2n) is 12.7. The Morgan fingerprint density at radius 3 is 1.46 bits per heavy atom. The number of unbranched alkanes of at least 4 members (excludes halogenated alkanes) is 24. The quantitative estimate of drug-likeness (QED) is 0.0945. The van der Waals surface area contributed by atoms with E-state index in [1.807, 2.05) is 6.07 Å². The number of hydrogen-bond acceptors (Lipinski definition) is 1. The lowest BCUT2D eigenvalue weighted by molar-refractivity contribution is -0.121. The average molecular weight is 567 g/mol. The number of amides is 1. The van der Waals surface area contributed by atoms with E-state index < -0.39 is 0 Å². The van der Waals surface area contributed by atoms with Crippen molar-refractivity contribution in [2.24, 2.45) is 0 Å². The lowest BCUT2D eigenvalue weighted by atomic mass is 10.0. The van der Waals surface area contributed by atoms with Gasteiger partial charge in [-0.2, -0.15) is 0 Å². The van der Waals surface area contributed by atoms with Crippen LogP contribution in [0, 0.1) is 0 Å². The van der Waals surface area contributed by atoms with Crippen molar-refractivity contribution in [2.75, 3.05) is 6.54 Å². The van der Waals surface area contributed by atoms with Crippen LogP contribution in [0.5, 0.6) is 0 Å². The van der Waals surface area contributed by atoms with Crippen LogP contribution in [0.4, 0.5) is 0 Å². The molecule has 0 fully saturated rings. The van der Waals surface area contributed by atoms with E-state index in [0.29, 0.717) is 6.42 Å². The molecular formula is C38H66N2O. The predicted molar refractivity (Wildman–Crippen MR) is 181 cm³/mol. The Labute approximate surface area is 254 Å². The Hall–Kier alpha value is -1.77. The van der Waals surface area contributed by atoms with Gasteiger partial charge in [0.05, 0.1) is 0 Å². The minimum atomic E-state index is 0.207. The molecule has 2 aromatic rings. The summed E-state index contributed by atoms with van der Waals surface area (Å²) in [6.07, 6.45) is 38.8. The van der Waals surface area contributed by atoms with Crippen molar-refractivity contribution in [3.05, 3.63) is 36.0 Å². The number of aromatic nitrogens is 1. The number of para-hydroxylation sites is 1. The summed E-state index contributed by atoms with van der Waals surface area (Å²) < 4.78 is 0. The minimum Gasteiger partial charge on any atom is -0.361 e. The number of hydrogen-bond donors (Lipinski definition) is 2. The number of carbonyl (C=O) groups excluding carboxylic acids is 1. The van der Waals surface area contributed by atoms with Crippen molar-refractivity contribution >= 4 is 16.8 Å². The average Bonchev–Trinajstić information content (AvgIpc) is 3.40. The number of aromatic amines is 1. The number of carbonyl (C=O) groups is 1. The van der Waals surface area contributed by atoms with Crippen molar-refractivity contribution < 1.29 is 4.79 Å². The first kappa shape index (κ1) is 35.4. The molecule has 2 N–H and O–H groups in total. The summed E-state index contributed by atoms with van der Waals surface area (Å²) in [6.45, 7) is 3.02. The first-order chi connectivity index (χ1) is 20.3. The van der Waals surface area contributed by atoms with Gasteiger partial charge >= 0.3 is 0 Å². The van der Waals surface area contributed by atoms with Gasteiger partial charge in [0.25, 0.3) is 0 Å². The van der Waals surface area contributed by atoms with Crippen LogP contribution in [0.15, 0.2) is 30.5 Å². The summed E-state index contributed by atoms with van der Waals surface area (Å²) in [5.74, 6) is 0.207. The zero-order valence-corrected chi connectivity index (χ0v) is 27.1. The predicted octanol–water partition coefficient (Wildman–Crippen LogP) is 12.0. The molecular weight excluding hydrogens is 500 g/mol. The molecule has 0 unspecified atom stereocenters. The highest BCUT2D eigenvalue weighted by molar-refractivity contribution is 5.83. The molecule has 41 heavy (non-hydrogen) atoms. The molecule has 0 radical (unpaired) electrons. The highest BCUT2D eigenvalue weighted by atomic mass is 16.1. The third kappa shape index (κ3) is 19.1. The molecule has 0 bridgehead atoms. The van der Waals surface area contributed by atoms with Crippen molar-refractivity contribution in [3.63, 3.8) is 0 Å². The van der Waals surface area contributed by atoms with E-state index in [1.54, 1.807) is 0 Å². The Morgan fingerprint density at radius 2 is 1.00 bits per heavy atom. The standard InChI is InChI=1S/C38H66N2O/c1-2-3-4-5-6-7-8-9-10-11-12-13-14-15-16-17-18-19-20-21-22-23-24-25-26-31-38(41)39-33-32-35-34-40-37-30-28-27-29-36(35)37/h27-30,34,40H,2-26,31-33H2,1H3,(H,39,41). The number of rotatable bonds is 29. The van der Waals surface area contributed by atoms with Crippen LogP contribution >= 0.6 is 0 Å². The Bertz CT molecular complexity index is 857. The Kier molecular flexibility index (Phi) is 22.4. The Balaban J connectivity index is 1.22. The molecule has 234 valence electrons. The van der Waals surface area contributed by atoms with E-state index in [2.05, 4.69) is 41.6 Å². The highest BCUT2D eigenvalue weighted by Gasteiger charge is 2.05. The van der Waals surface area contributed by atoms with Gasteiger partial charge < -0.3 is 10.3 Å². The molecule has 1 aromatic heterocycles. The van der Waals surface area contributed by atoms with Crippen LogP contribution in [0.1, 0.15) is 179 Å². The normalized spacial score (nSPS) is 11.4. The zero-order valence-electron chi connectivity index (χ0n) is 27.1. The van der Waals surface area contributed by atoms with Crippen molar-refractivity contribution in [2.45, 2.75) is 180 Å². The third-order valence-electron chi connectivity index (χ3n) is 8.90. The van der Waals surface area contributed by atoms with Gasteiger partial charge in [-0.25, -0.2) is 0 Å². The number of nitrogens with one attached hydrogen (secondary N) is 2. The summed E-state index contributed by atoms with van der Waals surface area (Å²) in [5.41, 5.74) is 2.45. The summed E-state index contributed by atoms with van der Waals surface area (Å²) in [6, 6.07) is 8.36. The minimum absolute atomic E-state index is 0.207. The lowest BCUT2D eigenvalue weighted by Gasteiger charge is -2.06. The molecule has 0 aliphatic heterocycles. The number of fused-ring (bicyclic) bond motifs is 1. The molecule has 0 spiro atoms. The first-order valence-corrected chi connectivity index (χ1v) is 18.1. The summed E-state index contributed by atoms with van der Waals surface area (Å²) in [4.78, 5) is 15.5. The van der Waals surface area contributed by atoms with E-state index >= 15 is 0 Å². The molecule has 0 saturated carbocycles. The van der Waals surface area contributed by atoms with Gasteiger partial charge in [-0.15, -0.1) is 0 Å². The van der Waals surface area contributed by atoms with Gasteiger partial charge in [0.1, 0.15) is 0 Å². The molecule has 2 rings (SSSR count). The van der Waals surface area contributed by atoms with Crippen LogP contribution in [0.25, 0.3) is 10.9 Å². The van der Waals surface area contributed by atoms with E-state index in [0.717, 1.165) is 19.4 Å². The first-order valence-electron chi connectivity index (χ1n) is 18.1. The van der Waals surface area contributed by atoms with Crippen LogP contribution in [-0.2, 0) is 11.2 Å². The molecule has 0 saturated heterocycles. The number of benzene rings is 1. The Morgan fingerprint density at radius 1 is 0.585 bits per heavy atom.